The van der Waals surface area contributed by atoms with Gasteiger partial charge in [0.15, 0.2) is 4.90 Å². The molecule has 2 N–H and O–H groups in total. The van der Waals surface area contributed by atoms with Crippen LogP contribution in [0.1, 0.15) is 34.4 Å². The summed E-state index contributed by atoms with van der Waals surface area (Å²) in [5.41, 5.74) is 4.07. The van der Waals surface area contributed by atoms with Crippen LogP contribution in [0.2, 0.25) is 0 Å². The van der Waals surface area contributed by atoms with Crippen molar-refractivity contribution in [1.82, 2.24) is 14.6 Å². The standard InChI is InChI=1S/C30H30N4O5S/c35-29-9-5-6-24-15-16-25(18-27(24)29)32-19-22-11-13-23(14-12-22)20-33(21-26-7-3-4-17-31-26)40(38,39)30-10-2-1-8-28(30)34(36)37/h1-14,17,25,32,35H,15-16,18-21H2. The first-order valence-electron chi connectivity index (χ1n) is 13.1. The molecule has 9 nitrogen and oxygen atoms in total. The molecular weight excluding hydrogens is 528 g/mol. The summed E-state index contributed by atoms with van der Waals surface area (Å²) in [7, 11) is -4.22. The van der Waals surface area contributed by atoms with E-state index in [1.807, 2.05) is 30.3 Å². The molecule has 0 saturated heterocycles. The van der Waals surface area contributed by atoms with Gasteiger partial charge in [0, 0.05) is 31.4 Å². The van der Waals surface area contributed by atoms with E-state index in [0.717, 1.165) is 36.0 Å². The Morgan fingerprint density at radius 3 is 2.45 bits per heavy atom. The van der Waals surface area contributed by atoms with Crippen LogP contribution in [-0.4, -0.2) is 33.8 Å². The highest BCUT2D eigenvalue weighted by atomic mass is 32.2. The molecule has 1 atom stereocenters. The smallest absolute Gasteiger partial charge is 0.289 e. The number of benzene rings is 3. The maximum absolute atomic E-state index is 13.7. The number of para-hydroxylation sites is 1. The number of nitro groups is 1. The van der Waals surface area contributed by atoms with Gasteiger partial charge in [-0.1, -0.05) is 54.6 Å². The average molecular weight is 559 g/mol. The van der Waals surface area contributed by atoms with Crippen LogP contribution in [0.5, 0.6) is 5.75 Å². The van der Waals surface area contributed by atoms with Crippen LogP contribution in [0.15, 0.2) is 96.0 Å². The largest absolute Gasteiger partial charge is 0.508 e. The van der Waals surface area contributed by atoms with Crippen molar-refractivity contribution in [1.29, 1.82) is 0 Å². The number of nitrogens with zero attached hydrogens (tertiary/aromatic N) is 3. The van der Waals surface area contributed by atoms with Crippen molar-refractivity contribution in [2.45, 2.75) is 49.8 Å². The van der Waals surface area contributed by atoms with E-state index in [0.29, 0.717) is 18.0 Å². The van der Waals surface area contributed by atoms with Crippen LogP contribution in [0.3, 0.4) is 0 Å². The summed E-state index contributed by atoms with van der Waals surface area (Å²) in [5, 5.41) is 25.4. The molecule has 5 rings (SSSR count). The predicted molar refractivity (Wildman–Crippen MR) is 151 cm³/mol. The molecule has 10 heteroatoms. The van der Waals surface area contributed by atoms with Gasteiger partial charge < -0.3 is 10.4 Å². The van der Waals surface area contributed by atoms with E-state index in [4.69, 9.17) is 0 Å². The van der Waals surface area contributed by atoms with Gasteiger partial charge in [0.1, 0.15) is 5.75 Å². The number of aromatic nitrogens is 1. The number of nitro benzene ring substituents is 1. The highest BCUT2D eigenvalue weighted by molar-refractivity contribution is 7.89. The van der Waals surface area contributed by atoms with Crippen LogP contribution >= 0.6 is 0 Å². The third-order valence-electron chi connectivity index (χ3n) is 7.18. The van der Waals surface area contributed by atoms with E-state index in [-0.39, 0.29) is 24.0 Å². The quantitative estimate of drug-likeness (QED) is 0.213. The molecule has 0 fully saturated rings. The van der Waals surface area contributed by atoms with Crippen LogP contribution in [0.4, 0.5) is 5.69 Å². The molecule has 4 aromatic rings. The van der Waals surface area contributed by atoms with Gasteiger partial charge in [-0.3, -0.25) is 15.1 Å². The average Bonchev–Trinajstić information content (AvgIpc) is 2.97. The van der Waals surface area contributed by atoms with Crippen molar-refractivity contribution < 1.29 is 18.4 Å². The number of hydrogen-bond acceptors (Lipinski definition) is 7. The number of rotatable bonds is 10. The SMILES string of the molecule is O=[N+]([O-])c1ccccc1S(=O)(=O)N(Cc1ccc(CNC2CCc3cccc(O)c3C2)cc1)Cc1ccccn1. The van der Waals surface area contributed by atoms with E-state index in [2.05, 4.69) is 16.4 Å². The minimum absolute atomic E-state index is 0.0251. The van der Waals surface area contributed by atoms with Gasteiger partial charge in [0.25, 0.3) is 15.7 Å². The van der Waals surface area contributed by atoms with Crippen LogP contribution in [0, 0.1) is 10.1 Å². The lowest BCUT2D eigenvalue weighted by Crippen LogP contribution is -2.34. The molecule has 0 aliphatic heterocycles. The van der Waals surface area contributed by atoms with Crippen molar-refractivity contribution in [2.75, 3.05) is 0 Å². The number of sulfonamides is 1. The summed E-state index contributed by atoms with van der Waals surface area (Å²) in [6, 6.07) is 24.2. The lowest BCUT2D eigenvalue weighted by Gasteiger charge is -2.26. The normalized spacial score (nSPS) is 15.1. The summed E-state index contributed by atoms with van der Waals surface area (Å²) in [5.74, 6) is 0.347. The number of phenols is 1. The summed E-state index contributed by atoms with van der Waals surface area (Å²) < 4.78 is 28.6. The fourth-order valence-corrected chi connectivity index (χ4v) is 6.59. The molecule has 1 aromatic heterocycles. The van der Waals surface area contributed by atoms with Crippen molar-refractivity contribution in [3.8, 4) is 5.75 Å². The lowest BCUT2D eigenvalue weighted by atomic mass is 9.87. The van der Waals surface area contributed by atoms with Crippen molar-refractivity contribution in [3.05, 3.63) is 129 Å². The third-order valence-corrected chi connectivity index (χ3v) is 9.02. The monoisotopic (exact) mass is 558 g/mol. The zero-order valence-electron chi connectivity index (χ0n) is 21.8. The van der Waals surface area contributed by atoms with Crippen molar-refractivity contribution >= 4 is 15.7 Å². The Balaban J connectivity index is 1.31. The second-order valence-corrected chi connectivity index (χ2v) is 11.8. The third kappa shape index (κ3) is 6.20. The highest BCUT2D eigenvalue weighted by Crippen LogP contribution is 2.30. The van der Waals surface area contributed by atoms with E-state index in [1.54, 1.807) is 30.5 Å². The Morgan fingerprint density at radius 1 is 0.950 bits per heavy atom. The fourth-order valence-electron chi connectivity index (χ4n) is 5.04. The molecule has 0 saturated carbocycles. The second kappa shape index (κ2) is 12.0. The molecule has 3 aromatic carbocycles. The Morgan fingerprint density at radius 2 is 1.70 bits per heavy atom. The van der Waals surface area contributed by atoms with Gasteiger partial charge in [-0.2, -0.15) is 4.31 Å². The lowest BCUT2D eigenvalue weighted by molar-refractivity contribution is -0.387. The summed E-state index contributed by atoms with van der Waals surface area (Å²) in [4.78, 5) is 14.8. The topological polar surface area (TPSA) is 126 Å². The van der Waals surface area contributed by atoms with Gasteiger partial charge in [-0.05, 0) is 65.8 Å². The Hall–Kier alpha value is -4.12. The van der Waals surface area contributed by atoms with Crippen LogP contribution in [-0.2, 0) is 42.5 Å². The van der Waals surface area contributed by atoms with Crippen molar-refractivity contribution in [3.63, 3.8) is 0 Å². The van der Waals surface area contributed by atoms with Crippen LogP contribution in [0.25, 0.3) is 0 Å². The zero-order chi connectivity index (χ0) is 28.1. The Kier molecular flexibility index (Phi) is 8.20. The molecule has 0 radical (unpaired) electrons. The molecule has 1 aliphatic rings. The summed E-state index contributed by atoms with van der Waals surface area (Å²) >= 11 is 0. The van der Waals surface area contributed by atoms with E-state index < -0.39 is 20.6 Å². The van der Waals surface area contributed by atoms with Gasteiger partial charge in [-0.25, -0.2) is 8.42 Å². The molecule has 1 heterocycles. The first kappa shape index (κ1) is 27.4. The Bertz CT molecular complexity index is 1590. The number of aromatic hydroxyl groups is 1. The van der Waals surface area contributed by atoms with E-state index in [9.17, 15) is 23.6 Å². The number of aryl methyl sites for hydroxylation is 1. The highest BCUT2D eigenvalue weighted by Gasteiger charge is 2.32. The first-order chi connectivity index (χ1) is 19.3. The second-order valence-electron chi connectivity index (χ2n) is 9.87. The van der Waals surface area contributed by atoms with Gasteiger partial charge in [0.2, 0.25) is 0 Å². The van der Waals surface area contributed by atoms with Gasteiger partial charge >= 0.3 is 0 Å². The van der Waals surface area contributed by atoms with Crippen LogP contribution < -0.4 is 5.32 Å². The van der Waals surface area contributed by atoms with E-state index >= 15 is 0 Å². The summed E-state index contributed by atoms with van der Waals surface area (Å²) in [6.07, 6.45) is 4.26. The minimum Gasteiger partial charge on any atom is -0.508 e. The number of pyridine rings is 1. The number of nitrogens with one attached hydrogen (secondary N) is 1. The van der Waals surface area contributed by atoms with Gasteiger partial charge in [-0.15, -0.1) is 0 Å². The fraction of sp³-hybridized carbons (Fsp3) is 0.233. The minimum atomic E-state index is -4.22. The number of fused-ring (bicyclic) bond motifs is 1. The maximum Gasteiger partial charge on any atom is 0.289 e. The zero-order valence-corrected chi connectivity index (χ0v) is 22.6. The molecule has 0 spiro atoms. The molecule has 0 bridgehead atoms. The molecule has 1 aliphatic carbocycles. The number of phenolic OH excluding ortho intramolecular Hbond substituents is 1. The molecule has 1 unspecified atom stereocenters. The maximum atomic E-state index is 13.7. The molecule has 206 valence electrons. The predicted octanol–water partition coefficient (Wildman–Crippen LogP) is 4.73. The Labute approximate surface area is 233 Å². The molecular formula is C30H30N4O5S. The van der Waals surface area contributed by atoms with Crippen molar-refractivity contribution in [2.24, 2.45) is 0 Å². The van der Waals surface area contributed by atoms with Gasteiger partial charge in [0.05, 0.1) is 17.2 Å². The first-order valence-corrected chi connectivity index (χ1v) is 14.5. The molecule has 0 amide bonds. The number of hydrogen-bond donors (Lipinski definition) is 2. The molecule has 40 heavy (non-hydrogen) atoms. The van der Waals surface area contributed by atoms with E-state index in [1.165, 1.54) is 34.1 Å². The summed E-state index contributed by atoms with van der Waals surface area (Å²) in [6.45, 7) is 0.631.